The topological polar surface area (TPSA) is 66.6 Å². The minimum absolute atomic E-state index is 0. The maximum absolute atomic E-state index is 13.0. The third-order valence-corrected chi connectivity index (χ3v) is 6.69. The summed E-state index contributed by atoms with van der Waals surface area (Å²) in [4.78, 5) is 2.70. The zero-order chi connectivity index (χ0) is 18.0. The lowest BCUT2D eigenvalue weighted by Crippen LogP contribution is -2.48. The second-order valence-electron chi connectivity index (χ2n) is 6.69. The Labute approximate surface area is 162 Å². The maximum Gasteiger partial charge on any atom is 0.243 e. The van der Waals surface area contributed by atoms with Gasteiger partial charge < -0.3 is 5.73 Å². The first-order valence-corrected chi connectivity index (χ1v) is 9.94. The lowest BCUT2D eigenvalue weighted by atomic mass is 10.2. The molecule has 0 spiro atoms. The van der Waals surface area contributed by atoms with Crippen molar-refractivity contribution in [3.63, 3.8) is 0 Å². The molecular formula is C19H26ClN3O2S. The Morgan fingerprint density at radius 3 is 2.35 bits per heavy atom. The molecule has 1 saturated heterocycles. The van der Waals surface area contributed by atoms with E-state index in [4.69, 9.17) is 5.73 Å². The van der Waals surface area contributed by atoms with Gasteiger partial charge in [0.25, 0.3) is 0 Å². The molecule has 3 rings (SSSR count). The predicted octanol–water partition coefficient (Wildman–Crippen LogP) is 2.81. The summed E-state index contributed by atoms with van der Waals surface area (Å²) in [7, 11) is -3.43. The number of piperazine rings is 1. The van der Waals surface area contributed by atoms with Crippen LogP contribution >= 0.6 is 12.4 Å². The molecule has 7 heteroatoms. The molecule has 1 fully saturated rings. The molecule has 2 aromatic carbocycles. The summed E-state index contributed by atoms with van der Waals surface area (Å²) in [5.74, 6) is 0. The molecule has 1 aliphatic heterocycles. The fourth-order valence-corrected chi connectivity index (χ4v) is 4.93. The monoisotopic (exact) mass is 395 g/mol. The quantitative estimate of drug-likeness (QED) is 0.808. The van der Waals surface area contributed by atoms with E-state index in [1.807, 2.05) is 44.2 Å². The van der Waals surface area contributed by atoms with Crippen molar-refractivity contribution in [1.29, 1.82) is 0 Å². The molecule has 0 saturated carbocycles. The van der Waals surface area contributed by atoms with Crippen molar-refractivity contribution in [2.24, 2.45) is 0 Å². The van der Waals surface area contributed by atoms with E-state index < -0.39 is 10.0 Å². The fourth-order valence-electron chi connectivity index (χ4n) is 3.20. The van der Waals surface area contributed by atoms with Gasteiger partial charge in [0.05, 0.1) is 4.90 Å². The van der Waals surface area contributed by atoms with Crippen molar-refractivity contribution in [3.05, 3.63) is 59.2 Å². The fraction of sp³-hybridized carbons (Fsp3) is 0.368. The van der Waals surface area contributed by atoms with Crippen LogP contribution in [0.25, 0.3) is 0 Å². The van der Waals surface area contributed by atoms with Crippen LogP contribution < -0.4 is 5.73 Å². The lowest BCUT2D eigenvalue weighted by molar-refractivity contribution is 0.181. The highest BCUT2D eigenvalue weighted by molar-refractivity contribution is 7.89. The number of rotatable bonds is 4. The van der Waals surface area contributed by atoms with Crippen molar-refractivity contribution < 1.29 is 8.42 Å². The van der Waals surface area contributed by atoms with Crippen LogP contribution in [-0.4, -0.2) is 43.8 Å². The molecule has 0 bridgehead atoms. The van der Waals surface area contributed by atoms with E-state index >= 15 is 0 Å². The highest BCUT2D eigenvalue weighted by atomic mass is 35.5. The number of benzene rings is 2. The molecule has 0 aromatic heterocycles. The van der Waals surface area contributed by atoms with Crippen molar-refractivity contribution >= 4 is 28.1 Å². The average molecular weight is 396 g/mol. The van der Waals surface area contributed by atoms with Gasteiger partial charge in [0, 0.05) is 38.4 Å². The van der Waals surface area contributed by atoms with Gasteiger partial charge in [0.2, 0.25) is 10.0 Å². The highest BCUT2D eigenvalue weighted by Crippen LogP contribution is 2.23. The van der Waals surface area contributed by atoms with Crippen molar-refractivity contribution in [2.75, 3.05) is 31.9 Å². The van der Waals surface area contributed by atoms with Crippen LogP contribution in [0.4, 0.5) is 5.69 Å². The van der Waals surface area contributed by atoms with Gasteiger partial charge in [-0.1, -0.05) is 24.3 Å². The van der Waals surface area contributed by atoms with E-state index in [0.717, 1.165) is 42.0 Å². The van der Waals surface area contributed by atoms with Gasteiger partial charge in [-0.15, -0.1) is 12.4 Å². The van der Waals surface area contributed by atoms with Crippen molar-refractivity contribution in [2.45, 2.75) is 25.3 Å². The summed E-state index contributed by atoms with van der Waals surface area (Å²) in [5.41, 5.74) is 9.51. The number of halogens is 1. The van der Waals surface area contributed by atoms with Crippen LogP contribution in [0.1, 0.15) is 16.7 Å². The Morgan fingerprint density at radius 1 is 1.00 bits per heavy atom. The minimum atomic E-state index is -3.43. The number of nitrogen functional groups attached to an aromatic ring is 1. The van der Waals surface area contributed by atoms with E-state index in [1.165, 1.54) is 0 Å². The normalized spacial score (nSPS) is 16.2. The second kappa shape index (κ2) is 8.39. The van der Waals surface area contributed by atoms with Crippen LogP contribution in [0.15, 0.2) is 47.4 Å². The zero-order valence-corrected chi connectivity index (χ0v) is 16.8. The first-order valence-electron chi connectivity index (χ1n) is 8.50. The van der Waals surface area contributed by atoms with Crippen LogP contribution in [0.2, 0.25) is 0 Å². The lowest BCUT2D eigenvalue weighted by Gasteiger charge is -2.34. The van der Waals surface area contributed by atoms with Gasteiger partial charge >= 0.3 is 0 Å². The zero-order valence-electron chi connectivity index (χ0n) is 15.2. The molecular weight excluding hydrogens is 370 g/mol. The third-order valence-electron chi connectivity index (χ3n) is 4.65. The van der Waals surface area contributed by atoms with E-state index in [2.05, 4.69) is 11.0 Å². The molecule has 26 heavy (non-hydrogen) atoms. The average Bonchev–Trinajstić information content (AvgIpc) is 2.57. The molecule has 5 nitrogen and oxygen atoms in total. The number of nitrogens with two attached hydrogens (primary N) is 1. The number of nitrogens with zero attached hydrogens (tertiary/aromatic N) is 2. The Balaban J connectivity index is 0.00000243. The van der Waals surface area contributed by atoms with E-state index in [0.29, 0.717) is 18.0 Å². The molecule has 1 aliphatic rings. The molecule has 0 atom stereocenters. The summed E-state index contributed by atoms with van der Waals surface area (Å²) in [6.45, 7) is 7.03. The minimum Gasteiger partial charge on any atom is -0.399 e. The van der Waals surface area contributed by atoms with Gasteiger partial charge in [0.1, 0.15) is 0 Å². The van der Waals surface area contributed by atoms with Gasteiger partial charge in [-0.3, -0.25) is 4.90 Å². The largest absolute Gasteiger partial charge is 0.399 e. The number of hydrogen-bond acceptors (Lipinski definition) is 4. The summed E-state index contributed by atoms with van der Waals surface area (Å²) in [6.07, 6.45) is 0. The van der Waals surface area contributed by atoms with Crippen molar-refractivity contribution in [1.82, 2.24) is 9.21 Å². The molecule has 2 aromatic rings. The summed E-state index contributed by atoms with van der Waals surface area (Å²) >= 11 is 0. The van der Waals surface area contributed by atoms with Crippen LogP contribution in [0.3, 0.4) is 0 Å². The Hall–Kier alpha value is -1.60. The molecule has 0 aliphatic carbocycles. The number of hydrogen-bond donors (Lipinski definition) is 1. The maximum atomic E-state index is 13.0. The second-order valence-corrected chi connectivity index (χ2v) is 8.60. The molecule has 0 unspecified atom stereocenters. The molecule has 1 heterocycles. The standard InChI is InChI=1S/C19H25N3O2S.ClH/c1-15-6-7-16(2)19(12-15)25(23,24)22-10-8-21(9-11-22)14-17-4-3-5-18(20)13-17;/h3-7,12-13H,8-11,14,20H2,1-2H3;1H. The van der Waals surface area contributed by atoms with Gasteiger partial charge in [-0.25, -0.2) is 8.42 Å². The third kappa shape index (κ3) is 4.57. The number of sulfonamides is 1. The smallest absolute Gasteiger partial charge is 0.243 e. The molecule has 2 N–H and O–H groups in total. The first kappa shape index (κ1) is 20.7. The van der Waals surface area contributed by atoms with Crippen LogP contribution in [0.5, 0.6) is 0 Å². The summed E-state index contributed by atoms with van der Waals surface area (Å²) in [5, 5.41) is 0. The van der Waals surface area contributed by atoms with Crippen molar-refractivity contribution in [3.8, 4) is 0 Å². The SMILES string of the molecule is Cc1ccc(C)c(S(=O)(=O)N2CCN(Cc3cccc(N)c3)CC2)c1.Cl. The molecule has 0 amide bonds. The molecule has 0 radical (unpaired) electrons. The highest BCUT2D eigenvalue weighted by Gasteiger charge is 2.29. The van der Waals surface area contributed by atoms with E-state index in [9.17, 15) is 8.42 Å². The Kier molecular flexibility index (Phi) is 6.69. The predicted molar refractivity (Wildman–Crippen MR) is 108 cm³/mol. The van der Waals surface area contributed by atoms with Gasteiger partial charge in [-0.2, -0.15) is 4.31 Å². The van der Waals surface area contributed by atoms with Crippen LogP contribution in [-0.2, 0) is 16.6 Å². The summed E-state index contributed by atoms with van der Waals surface area (Å²) in [6, 6.07) is 13.4. The van der Waals surface area contributed by atoms with Gasteiger partial charge in [0.15, 0.2) is 0 Å². The molecule has 142 valence electrons. The van der Waals surface area contributed by atoms with E-state index in [1.54, 1.807) is 10.4 Å². The van der Waals surface area contributed by atoms with Crippen LogP contribution in [0, 0.1) is 13.8 Å². The first-order chi connectivity index (χ1) is 11.9. The number of aryl methyl sites for hydroxylation is 2. The Morgan fingerprint density at radius 2 is 1.69 bits per heavy atom. The summed E-state index contributed by atoms with van der Waals surface area (Å²) < 4.78 is 27.5. The van der Waals surface area contributed by atoms with Gasteiger partial charge in [-0.05, 0) is 48.7 Å². The van der Waals surface area contributed by atoms with E-state index in [-0.39, 0.29) is 12.4 Å². The number of anilines is 1. The Bertz CT molecular complexity index is 863.